The third kappa shape index (κ3) is 5.04. The minimum Gasteiger partial charge on any atom is -0.459 e. The molecule has 3 rings (SSSR count). The van der Waals surface area contributed by atoms with E-state index in [0.29, 0.717) is 10.8 Å². The summed E-state index contributed by atoms with van der Waals surface area (Å²) >= 11 is 1.26. The Morgan fingerprint density at radius 1 is 1.11 bits per heavy atom. The highest BCUT2D eigenvalue weighted by Crippen LogP contribution is 2.23. The molecule has 0 atom stereocenters. The van der Waals surface area contributed by atoms with Crippen molar-refractivity contribution in [1.82, 2.24) is 4.98 Å². The zero-order valence-electron chi connectivity index (χ0n) is 15.4. The lowest BCUT2D eigenvalue weighted by molar-refractivity contribution is -0.115. The van der Waals surface area contributed by atoms with E-state index in [9.17, 15) is 9.59 Å². The summed E-state index contributed by atoms with van der Waals surface area (Å²) in [5, 5.41) is 7.69. The highest BCUT2D eigenvalue weighted by atomic mass is 32.1. The molecular weight excluding hydrogens is 362 g/mol. The topological polar surface area (TPSA) is 84.2 Å². The van der Waals surface area contributed by atoms with E-state index < -0.39 is 0 Å². The number of benzene rings is 1. The Bertz CT molecular complexity index is 922. The van der Waals surface area contributed by atoms with Crippen LogP contribution in [-0.2, 0) is 16.6 Å². The summed E-state index contributed by atoms with van der Waals surface area (Å²) in [4.78, 5) is 28.4. The first-order valence-electron chi connectivity index (χ1n) is 8.51. The van der Waals surface area contributed by atoms with E-state index in [1.807, 2.05) is 24.3 Å². The molecule has 6 nitrogen and oxygen atoms in total. The molecule has 0 aliphatic rings. The van der Waals surface area contributed by atoms with Crippen molar-refractivity contribution in [3.8, 4) is 0 Å². The Kier molecular flexibility index (Phi) is 5.41. The van der Waals surface area contributed by atoms with Gasteiger partial charge in [0.15, 0.2) is 10.9 Å². The van der Waals surface area contributed by atoms with Gasteiger partial charge in [-0.25, -0.2) is 4.98 Å². The lowest BCUT2D eigenvalue weighted by atomic mass is 9.87. The Hall–Kier alpha value is -2.93. The Morgan fingerprint density at radius 3 is 2.48 bits per heavy atom. The van der Waals surface area contributed by atoms with Crippen LogP contribution in [0.1, 0.15) is 42.6 Å². The normalized spacial score (nSPS) is 11.2. The molecule has 1 aromatic carbocycles. The number of amides is 2. The Balaban J connectivity index is 1.55. The molecule has 27 heavy (non-hydrogen) atoms. The minimum atomic E-state index is -0.371. The van der Waals surface area contributed by atoms with Gasteiger partial charge in [0.1, 0.15) is 0 Å². The van der Waals surface area contributed by atoms with Gasteiger partial charge in [-0.3, -0.25) is 14.9 Å². The predicted octanol–water partition coefficient (Wildman–Crippen LogP) is 4.47. The van der Waals surface area contributed by atoms with E-state index in [-0.39, 0.29) is 29.4 Å². The van der Waals surface area contributed by atoms with E-state index in [4.69, 9.17) is 4.42 Å². The highest BCUT2D eigenvalue weighted by Gasteiger charge is 2.15. The quantitative estimate of drug-likeness (QED) is 0.681. The van der Waals surface area contributed by atoms with Crippen molar-refractivity contribution in [3.05, 3.63) is 65.1 Å². The van der Waals surface area contributed by atoms with Gasteiger partial charge in [-0.2, -0.15) is 0 Å². The number of carbonyl (C=O) groups excluding carboxylic acids is 2. The van der Waals surface area contributed by atoms with E-state index in [1.54, 1.807) is 17.5 Å². The molecule has 0 spiro atoms. The molecule has 2 N–H and O–H groups in total. The van der Waals surface area contributed by atoms with Crippen molar-refractivity contribution in [2.45, 2.75) is 32.6 Å². The molecule has 0 saturated carbocycles. The van der Waals surface area contributed by atoms with Crippen LogP contribution in [0, 0.1) is 0 Å². The summed E-state index contributed by atoms with van der Waals surface area (Å²) in [6, 6.07) is 11.0. The van der Waals surface area contributed by atoms with E-state index in [0.717, 1.165) is 5.69 Å². The van der Waals surface area contributed by atoms with E-state index in [2.05, 4.69) is 36.4 Å². The SMILES string of the molecule is CC(C)(C)c1ccc(NC(=O)Cc2csc(NC(=O)c3ccco3)n2)cc1. The zero-order chi connectivity index (χ0) is 19.4. The van der Waals surface area contributed by atoms with Gasteiger partial charge in [0.05, 0.1) is 18.4 Å². The monoisotopic (exact) mass is 383 g/mol. The van der Waals surface area contributed by atoms with Gasteiger partial charge in [0.2, 0.25) is 5.91 Å². The van der Waals surface area contributed by atoms with Crippen molar-refractivity contribution in [2.75, 3.05) is 10.6 Å². The Morgan fingerprint density at radius 2 is 1.85 bits per heavy atom. The summed E-state index contributed by atoms with van der Waals surface area (Å²) in [6.45, 7) is 6.43. The second kappa shape index (κ2) is 7.75. The average Bonchev–Trinajstić information content (AvgIpc) is 3.26. The van der Waals surface area contributed by atoms with E-state index >= 15 is 0 Å². The molecule has 2 heterocycles. The fourth-order valence-electron chi connectivity index (χ4n) is 2.44. The summed E-state index contributed by atoms with van der Waals surface area (Å²) in [5.74, 6) is -0.319. The van der Waals surface area contributed by atoms with Gasteiger partial charge in [-0.1, -0.05) is 32.9 Å². The summed E-state index contributed by atoms with van der Waals surface area (Å²) in [7, 11) is 0. The van der Waals surface area contributed by atoms with E-state index in [1.165, 1.54) is 23.2 Å². The molecule has 3 aromatic rings. The van der Waals surface area contributed by atoms with Gasteiger partial charge >= 0.3 is 0 Å². The molecule has 0 unspecified atom stereocenters. The van der Waals surface area contributed by atoms with Crippen molar-refractivity contribution in [3.63, 3.8) is 0 Å². The first-order chi connectivity index (χ1) is 12.8. The van der Waals surface area contributed by atoms with Gasteiger partial charge < -0.3 is 9.73 Å². The molecular formula is C20H21N3O3S. The third-order valence-corrected chi connectivity index (χ3v) is 4.70. The highest BCUT2D eigenvalue weighted by molar-refractivity contribution is 7.14. The van der Waals surface area contributed by atoms with Crippen LogP contribution in [0.5, 0.6) is 0 Å². The van der Waals surface area contributed by atoms with Crippen molar-refractivity contribution in [2.24, 2.45) is 0 Å². The molecule has 7 heteroatoms. The number of aromatic nitrogens is 1. The molecule has 0 bridgehead atoms. The Labute approximate surface area is 161 Å². The average molecular weight is 383 g/mol. The zero-order valence-corrected chi connectivity index (χ0v) is 16.2. The summed E-state index contributed by atoms with van der Waals surface area (Å²) < 4.78 is 5.04. The number of carbonyl (C=O) groups is 2. The van der Waals surface area contributed by atoms with Crippen LogP contribution in [0.2, 0.25) is 0 Å². The molecule has 2 aromatic heterocycles. The van der Waals surface area contributed by atoms with Crippen LogP contribution in [0.4, 0.5) is 10.8 Å². The number of nitrogens with one attached hydrogen (secondary N) is 2. The van der Waals surface area contributed by atoms with Gasteiger partial charge in [0, 0.05) is 11.1 Å². The largest absolute Gasteiger partial charge is 0.459 e. The van der Waals surface area contributed by atoms with Crippen molar-refractivity contribution < 1.29 is 14.0 Å². The first kappa shape index (κ1) is 18.8. The molecule has 0 fully saturated rings. The molecule has 0 radical (unpaired) electrons. The van der Waals surface area contributed by atoms with Crippen molar-refractivity contribution in [1.29, 1.82) is 0 Å². The number of rotatable bonds is 5. The molecule has 0 saturated heterocycles. The first-order valence-corrected chi connectivity index (χ1v) is 9.39. The number of nitrogens with zero attached hydrogens (tertiary/aromatic N) is 1. The van der Waals surface area contributed by atoms with Gasteiger partial charge in [0.25, 0.3) is 5.91 Å². The van der Waals surface area contributed by atoms with Crippen LogP contribution in [0.15, 0.2) is 52.5 Å². The fourth-order valence-corrected chi connectivity index (χ4v) is 3.14. The second-order valence-corrected chi connectivity index (χ2v) is 7.99. The van der Waals surface area contributed by atoms with Crippen LogP contribution < -0.4 is 10.6 Å². The number of hydrogen-bond donors (Lipinski definition) is 2. The lowest BCUT2D eigenvalue weighted by Gasteiger charge is -2.19. The predicted molar refractivity (Wildman–Crippen MR) is 106 cm³/mol. The van der Waals surface area contributed by atoms with Gasteiger partial charge in [-0.15, -0.1) is 11.3 Å². The van der Waals surface area contributed by atoms with Crippen LogP contribution in [0.3, 0.4) is 0 Å². The maximum absolute atomic E-state index is 12.2. The van der Waals surface area contributed by atoms with Gasteiger partial charge in [-0.05, 0) is 35.2 Å². The summed E-state index contributed by atoms with van der Waals surface area (Å²) in [6.07, 6.45) is 1.56. The molecule has 0 aliphatic heterocycles. The number of furan rings is 1. The third-order valence-electron chi connectivity index (χ3n) is 3.89. The van der Waals surface area contributed by atoms with Crippen LogP contribution in [-0.4, -0.2) is 16.8 Å². The standard InChI is InChI=1S/C20H21N3O3S/c1-20(2,3)13-6-8-14(9-7-13)21-17(24)11-15-12-27-19(22-15)23-18(25)16-5-4-10-26-16/h4-10,12H,11H2,1-3H3,(H,21,24)(H,22,23,25). The number of anilines is 2. The minimum absolute atomic E-state index is 0.0691. The number of hydrogen-bond acceptors (Lipinski definition) is 5. The molecule has 0 aliphatic carbocycles. The smallest absolute Gasteiger partial charge is 0.293 e. The maximum Gasteiger partial charge on any atom is 0.293 e. The fraction of sp³-hybridized carbons (Fsp3) is 0.250. The summed E-state index contributed by atoms with van der Waals surface area (Å²) in [5.41, 5.74) is 2.62. The molecule has 2 amide bonds. The van der Waals surface area contributed by atoms with Crippen LogP contribution >= 0.6 is 11.3 Å². The van der Waals surface area contributed by atoms with Crippen molar-refractivity contribution >= 4 is 34.0 Å². The molecule has 140 valence electrons. The van der Waals surface area contributed by atoms with Crippen LogP contribution in [0.25, 0.3) is 0 Å². The number of thiazole rings is 1. The lowest BCUT2D eigenvalue weighted by Crippen LogP contribution is -2.16. The maximum atomic E-state index is 12.2. The second-order valence-electron chi connectivity index (χ2n) is 7.13.